The lowest BCUT2D eigenvalue weighted by molar-refractivity contribution is -0.114. The minimum Gasteiger partial charge on any atom is -0.393 e. The highest BCUT2D eigenvalue weighted by atomic mass is 32.1. The summed E-state index contributed by atoms with van der Waals surface area (Å²) >= 11 is 1.61. The molecule has 0 radical (unpaired) electrons. The van der Waals surface area contributed by atoms with E-state index in [2.05, 4.69) is 10.6 Å². The van der Waals surface area contributed by atoms with Crippen molar-refractivity contribution in [3.05, 3.63) is 16.3 Å². The lowest BCUT2D eigenvalue weighted by atomic mass is 10.3. The fraction of sp³-hybridized carbons (Fsp3) is 0.545. The fourth-order valence-corrected chi connectivity index (χ4v) is 2.09. The van der Waals surface area contributed by atoms with E-state index >= 15 is 0 Å². The summed E-state index contributed by atoms with van der Waals surface area (Å²) < 4.78 is 0. The molecule has 0 saturated heterocycles. The lowest BCUT2D eigenvalue weighted by Gasteiger charge is -2.07. The molecular weight excluding hydrogens is 224 g/mol. The molecule has 0 aliphatic rings. The number of hydrogen-bond donors (Lipinski definition) is 3. The van der Waals surface area contributed by atoms with Gasteiger partial charge in [0.15, 0.2) is 0 Å². The average Bonchev–Trinajstić information content (AvgIpc) is 2.59. The van der Waals surface area contributed by atoms with Gasteiger partial charge < -0.3 is 15.7 Å². The summed E-state index contributed by atoms with van der Waals surface area (Å²) in [6.45, 7) is 4.77. The van der Waals surface area contributed by atoms with Crippen LogP contribution in [0.1, 0.15) is 25.1 Å². The van der Waals surface area contributed by atoms with Crippen molar-refractivity contribution < 1.29 is 9.90 Å². The van der Waals surface area contributed by atoms with Crippen molar-refractivity contribution in [3.63, 3.8) is 0 Å². The van der Waals surface area contributed by atoms with E-state index in [1.807, 2.05) is 11.4 Å². The maximum absolute atomic E-state index is 10.9. The molecule has 1 amide bonds. The molecule has 1 aromatic heterocycles. The van der Waals surface area contributed by atoms with Crippen molar-refractivity contribution in [2.45, 2.75) is 32.9 Å². The highest BCUT2D eigenvalue weighted by Crippen LogP contribution is 2.21. The van der Waals surface area contributed by atoms with E-state index in [0.717, 1.165) is 30.1 Å². The van der Waals surface area contributed by atoms with Gasteiger partial charge in [0.25, 0.3) is 0 Å². The van der Waals surface area contributed by atoms with Crippen LogP contribution in [-0.2, 0) is 11.3 Å². The highest BCUT2D eigenvalue weighted by Gasteiger charge is 2.05. The predicted molar refractivity (Wildman–Crippen MR) is 66.6 cm³/mol. The molecule has 3 N–H and O–H groups in total. The standard InChI is InChI=1S/C11H18N2O2S/c1-8(14)3-5-12-7-11-10(4-6-16-11)13-9(2)15/h4,6,8,12,14H,3,5,7H2,1-2H3,(H,13,15). The summed E-state index contributed by atoms with van der Waals surface area (Å²) in [5.41, 5.74) is 0.877. The van der Waals surface area contributed by atoms with Crippen LogP contribution in [0.3, 0.4) is 0 Å². The highest BCUT2D eigenvalue weighted by molar-refractivity contribution is 7.10. The van der Waals surface area contributed by atoms with Crippen LogP contribution in [0.2, 0.25) is 0 Å². The lowest BCUT2D eigenvalue weighted by Crippen LogP contribution is -2.19. The largest absolute Gasteiger partial charge is 0.393 e. The van der Waals surface area contributed by atoms with Crippen LogP contribution in [0.15, 0.2) is 11.4 Å². The van der Waals surface area contributed by atoms with Gasteiger partial charge in [0.1, 0.15) is 0 Å². The third-order valence-corrected chi connectivity index (χ3v) is 3.00. The number of thiophene rings is 1. The van der Waals surface area contributed by atoms with Gasteiger partial charge in [-0.15, -0.1) is 11.3 Å². The van der Waals surface area contributed by atoms with Crippen molar-refractivity contribution in [3.8, 4) is 0 Å². The van der Waals surface area contributed by atoms with E-state index in [-0.39, 0.29) is 12.0 Å². The van der Waals surface area contributed by atoms with E-state index in [1.165, 1.54) is 6.92 Å². The molecule has 4 nitrogen and oxygen atoms in total. The Hall–Kier alpha value is -0.910. The molecule has 5 heteroatoms. The molecule has 0 fully saturated rings. The first-order chi connectivity index (χ1) is 7.59. The molecule has 1 atom stereocenters. The van der Waals surface area contributed by atoms with Crippen molar-refractivity contribution >= 4 is 22.9 Å². The number of nitrogens with one attached hydrogen (secondary N) is 2. The second kappa shape index (κ2) is 6.62. The molecule has 0 aliphatic heterocycles. The number of anilines is 1. The number of rotatable bonds is 6. The predicted octanol–water partition coefficient (Wildman–Crippen LogP) is 1.57. The number of aliphatic hydroxyl groups is 1. The van der Waals surface area contributed by atoms with Gasteiger partial charge in [-0.1, -0.05) is 0 Å². The van der Waals surface area contributed by atoms with Gasteiger partial charge in [0, 0.05) is 18.3 Å². The van der Waals surface area contributed by atoms with E-state index in [1.54, 1.807) is 18.3 Å². The van der Waals surface area contributed by atoms with Crippen LogP contribution >= 0.6 is 11.3 Å². The molecule has 0 spiro atoms. The van der Waals surface area contributed by atoms with Crippen LogP contribution in [0, 0.1) is 0 Å². The Morgan fingerprint density at radius 1 is 1.62 bits per heavy atom. The SMILES string of the molecule is CC(=O)Nc1ccsc1CNCCC(C)O. The van der Waals surface area contributed by atoms with Crippen LogP contribution in [0.25, 0.3) is 0 Å². The maximum Gasteiger partial charge on any atom is 0.221 e. The molecular formula is C11H18N2O2S. The number of amides is 1. The first kappa shape index (κ1) is 13.2. The Morgan fingerprint density at radius 3 is 3.00 bits per heavy atom. The third-order valence-electron chi connectivity index (χ3n) is 2.08. The Morgan fingerprint density at radius 2 is 2.38 bits per heavy atom. The molecule has 16 heavy (non-hydrogen) atoms. The second-order valence-electron chi connectivity index (χ2n) is 3.75. The molecule has 0 aliphatic carbocycles. The molecule has 1 unspecified atom stereocenters. The minimum absolute atomic E-state index is 0.0522. The molecule has 0 saturated carbocycles. The summed E-state index contributed by atoms with van der Waals surface area (Å²) in [6, 6.07) is 1.90. The summed E-state index contributed by atoms with van der Waals surface area (Å²) in [5, 5.41) is 17.1. The van der Waals surface area contributed by atoms with E-state index in [9.17, 15) is 4.79 Å². The summed E-state index contributed by atoms with van der Waals surface area (Å²) in [7, 11) is 0. The van der Waals surface area contributed by atoms with Crippen LogP contribution in [0.4, 0.5) is 5.69 Å². The van der Waals surface area contributed by atoms with Crippen molar-refractivity contribution in [2.24, 2.45) is 0 Å². The molecule has 0 bridgehead atoms. The molecule has 1 heterocycles. The Bertz CT molecular complexity index is 336. The fourth-order valence-electron chi connectivity index (χ4n) is 1.29. The smallest absolute Gasteiger partial charge is 0.221 e. The topological polar surface area (TPSA) is 61.4 Å². The maximum atomic E-state index is 10.9. The Labute approximate surface area is 99.7 Å². The van der Waals surface area contributed by atoms with Crippen molar-refractivity contribution in [2.75, 3.05) is 11.9 Å². The Balaban J connectivity index is 2.36. The Kier molecular flexibility index (Phi) is 5.45. The zero-order valence-electron chi connectivity index (χ0n) is 9.62. The number of carbonyl (C=O) groups excluding carboxylic acids is 1. The van der Waals surface area contributed by atoms with Crippen LogP contribution < -0.4 is 10.6 Å². The zero-order valence-corrected chi connectivity index (χ0v) is 10.4. The zero-order chi connectivity index (χ0) is 12.0. The van der Waals surface area contributed by atoms with Gasteiger partial charge in [-0.2, -0.15) is 0 Å². The molecule has 1 rings (SSSR count). The first-order valence-corrected chi connectivity index (χ1v) is 6.20. The second-order valence-corrected chi connectivity index (χ2v) is 4.75. The third kappa shape index (κ3) is 4.74. The van der Waals surface area contributed by atoms with E-state index < -0.39 is 0 Å². The summed E-state index contributed by atoms with van der Waals surface area (Å²) in [6.07, 6.45) is 0.464. The van der Waals surface area contributed by atoms with Gasteiger partial charge in [-0.3, -0.25) is 4.79 Å². The molecule has 90 valence electrons. The number of hydrogen-bond acceptors (Lipinski definition) is 4. The van der Waals surface area contributed by atoms with Gasteiger partial charge in [-0.25, -0.2) is 0 Å². The normalized spacial score (nSPS) is 12.4. The minimum atomic E-state index is -0.273. The van der Waals surface area contributed by atoms with E-state index in [0.29, 0.717) is 0 Å². The number of aliphatic hydroxyl groups excluding tert-OH is 1. The average molecular weight is 242 g/mol. The summed E-state index contributed by atoms with van der Waals surface area (Å²) in [4.78, 5) is 12.0. The van der Waals surface area contributed by atoms with Crippen LogP contribution in [-0.4, -0.2) is 23.7 Å². The van der Waals surface area contributed by atoms with Gasteiger partial charge in [-0.05, 0) is 31.3 Å². The monoisotopic (exact) mass is 242 g/mol. The van der Waals surface area contributed by atoms with Gasteiger partial charge in [0.05, 0.1) is 11.8 Å². The van der Waals surface area contributed by atoms with Crippen LogP contribution in [0.5, 0.6) is 0 Å². The van der Waals surface area contributed by atoms with Crippen molar-refractivity contribution in [1.82, 2.24) is 5.32 Å². The first-order valence-electron chi connectivity index (χ1n) is 5.32. The van der Waals surface area contributed by atoms with E-state index in [4.69, 9.17) is 5.11 Å². The number of carbonyl (C=O) groups is 1. The quantitative estimate of drug-likeness (QED) is 0.664. The van der Waals surface area contributed by atoms with Gasteiger partial charge >= 0.3 is 0 Å². The summed E-state index contributed by atoms with van der Waals surface area (Å²) in [5.74, 6) is -0.0522. The van der Waals surface area contributed by atoms with Crippen molar-refractivity contribution in [1.29, 1.82) is 0 Å². The van der Waals surface area contributed by atoms with Gasteiger partial charge in [0.2, 0.25) is 5.91 Å². The molecule has 0 aromatic carbocycles. The molecule has 1 aromatic rings.